The van der Waals surface area contributed by atoms with Gasteiger partial charge in [0, 0.05) is 48.9 Å². The molecule has 2 heterocycles. The van der Waals surface area contributed by atoms with Crippen LogP contribution in [-0.2, 0) is 0 Å². The third-order valence-corrected chi connectivity index (χ3v) is 6.33. The van der Waals surface area contributed by atoms with Gasteiger partial charge in [-0.3, -0.25) is 5.32 Å². The van der Waals surface area contributed by atoms with Gasteiger partial charge in [0.25, 0.3) is 5.95 Å². The average Bonchev–Trinajstić information content (AvgIpc) is 2.85. The number of carbonyl (C=O) groups excluding carboxylic acids is 1. The number of aromatic nitrogens is 2. The van der Waals surface area contributed by atoms with Gasteiger partial charge in [0.1, 0.15) is 5.75 Å². The number of ether oxygens (including phenoxy) is 1. The SMILES string of the molecule is COc1ccc(N2CCN(/C(=N\c3nc(C)cc(C)n3)NC(=O)Nc3ccc(Cl)c(Cl)c3)CC2)cc1. The Labute approximate surface area is 220 Å². The van der Waals surface area contributed by atoms with E-state index < -0.39 is 6.03 Å². The lowest BCUT2D eigenvalue weighted by Crippen LogP contribution is -2.54. The van der Waals surface area contributed by atoms with Crippen molar-refractivity contribution in [1.82, 2.24) is 20.2 Å². The molecule has 0 radical (unpaired) electrons. The largest absolute Gasteiger partial charge is 0.497 e. The van der Waals surface area contributed by atoms with E-state index in [1.54, 1.807) is 25.3 Å². The predicted octanol–water partition coefficient (Wildman–Crippen LogP) is 5.04. The quantitative estimate of drug-likeness (QED) is 0.364. The molecule has 0 saturated carbocycles. The molecule has 2 N–H and O–H groups in total. The van der Waals surface area contributed by atoms with Gasteiger partial charge in [0.2, 0.25) is 5.96 Å². The van der Waals surface area contributed by atoms with Crippen LogP contribution >= 0.6 is 23.2 Å². The van der Waals surface area contributed by atoms with Crippen LogP contribution in [0.5, 0.6) is 5.75 Å². The van der Waals surface area contributed by atoms with E-state index in [9.17, 15) is 4.79 Å². The van der Waals surface area contributed by atoms with Crippen molar-refractivity contribution in [3.8, 4) is 5.75 Å². The molecule has 2 amide bonds. The van der Waals surface area contributed by atoms with Crippen LogP contribution in [0, 0.1) is 13.8 Å². The van der Waals surface area contributed by atoms with Crippen molar-refractivity contribution in [1.29, 1.82) is 0 Å². The summed E-state index contributed by atoms with van der Waals surface area (Å²) in [4.78, 5) is 30.6. The second kappa shape index (κ2) is 11.5. The highest BCUT2D eigenvalue weighted by Crippen LogP contribution is 2.25. The number of aryl methyl sites for hydroxylation is 2. The summed E-state index contributed by atoms with van der Waals surface area (Å²) < 4.78 is 5.26. The summed E-state index contributed by atoms with van der Waals surface area (Å²) in [5, 5.41) is 6.39. The first-order chi connectivity index (χ1) is 17.3. The van der Waals surface area contributed by atoms with E-state index in [1.165, 1.54) is 0 Å². The van der Waals surface area contributed by atoms with Gasteiger partial charge in [0.15, 0.2) is 0 Å². The number of urea groups is 1. The maximum atomic E-state index is 12.9. The van der Waals surface area contributed by atoms with Crippen LogP contribution in [0.4, 0.5) is 22.1 Å². The number of methoxy groups -OCH3 is 1. The van der Waals surface area contributed by atoms with Crippen molar-refractivity contribution < 1.29 is 9.53 Å². The lowest BCUT2D eigenvalue weighted by atomic mass is 10.2. The van der Waals surface area contributed by atoms with Gasteiger partial charge in [-0.1, -0.05) is 23.2 Å². The summed E-state index contributed by atoms with van der Waals surface area (Å²) in [7, 11) is 1.65. The first-order valence-electron chi connectivity index (χ1n) is 11.4. The van der Waals surface area contributed by atoms with Crippen molar-refractivity contribution in [2.75, 3.05) is 43.5 Å². The molecule has 0 spiro atoms. The standard InChI is InChI=1S/C25H27Cl2N7O2/c1-16-14-17(2)29-23(28-16)31-24(32-25(35)30-18-4-9-21(26)22(27)15-18)34-12-10-33(11-13-34)19-5-7-20(36-3)8-6-19/h4-9,14-15H,10-13H2,1-3H3,(H2,28,29,30,31,32,35). The first kappa shape index (κ1) is 25.5. The van der Waals surface area contributed by atoms with Crippen LogP contribution in [0.15, 0.2) is 53.5 Å². The Morgan fingerprint density at radius 2 is 1.61 bits per heavy atom. The lowest BCUT2D eigenvalue weighted by Gasteiger charge is -2.37. The van der Waals surface area contributed by atoms with Crippen molar-refractivity contribution in [2.24, 2.45) is 4.99 Å². The normalized spacial score (nSPS) is 14.0. The number of piperazine rings is 1. The number of nitrogens with zero attached hydrogens (tertiary/aromatic N) is 5. The zero-order chi connectivity index (χ0) is 25.7. The fourth-order valence-corrected chi connectivity index (χ4v) is 4.14. The zero-order valence-electron chi connectivity index (χ0n) is 20.3. The number of benzene rings is 2. The fourth-order valence-electron chi connectivity index (χ4n) is 3.84. The molecule has 1 aliphatic rings. The number of aliphatic imine (C=N–C) groups is 1. The van der Waals surface area contributed by atoms with Crippen molar-refractivity contribution >= 4 is 52.5 Å². The molecule has 1 aromatic heterocycles. The molecule has 1 fully saturated rings. The zero-order valence-corrected chi connectivity index (χ0v) is 21.8. The summed E-state index contributed by atoms with van der Waals surface area (Å²) in [6, 6.07) is 14.3. The average molecular weight is 528 g/mol. The second-order valence-corrected chi connectivity index (χ2v) is 9.08. The molecule has 9 nitrogen and oxygen atoms in total. The van der Waals surface area contributed by atoms with E-state index in [2.05, 4.69) is 30.5 Å². The highest BCUT2D eigenvalue weighted by molar-refractivity contribution is 6.42. The molecule has 4 rings (SSSR count). The van der Waals surface area contributed by atoms with E-state index in [-0.39, 0.29) is 5.95 Å². The molecular formula is C25H27Cl2N7O2. The van der Waals surface area contributed by atoms with Crippen molar-refractivity contribution in [3.63, 3.8) is 0 Å². The summed E-state index contributed by atoms with van der Waals surface area (Å²) >= 11 is 12.1. The summed E-state index contributed by atoms with van der Waals surface area (Å²) in [5.74, 6) is 1.47. The predicted molar refractivity (Wildman–Crippen MR) is 144 cm³/mol. The van der Waals surface area contributed by atoms with Crippen molar-refractivity contribution in [2.45, 2.75) is 13.8 Å². The Bertz CT molecular complexity index is 1240. The van der Waals surface area contributed by atoms with E-state index in [1.807, 2.05) is 49.1 Å². The maximum Gasteiger partial charge on any atom is 0.326 e. The molecule has 0 aliphatic carbocycles. The summed E-state index contributed by atoms with van der Waals surface area (Å²) in [6.45, 7) is 6.53. The number of anilines is 2. The van der Waals surface area contributed by atoms with Gasteiger partial charge >= 0.3 is 6.03 Å². The number of carbonyl (C=O) groups is 1. The third kappa shape index (κ3) is 6.56. The second-order valence-electron chi connectivity index (χ2n) is 8.27. The Kier molecular flexibility index (Phi) is 8.12. The molecule has 3 aromatic rings. The molecule has 2 aromatic carbocycles. The van der Waals surface area contributed by atoms with Crippen LogP contribution in [0.25, 0.3) is 0 Å². The molecule has 0 bridgehead atoms. The first-order valence-corrected chi connectivity index (χ1v) is 12.1. The van der Waals surface area contributed by atoms with Crippen LogP contribution in [0.2, 0.25) is 10.0 Å². The minimum Gasteiger partial charge on any atom is -0.497 e. The molecule has 0 unspecified atom stereocenters. The van der Waals surface area contributed by atoms with E-state index in [0.717, 1.165) is 35.9 Å². The van der Waals surface area contributed by atoms with Crippen molar-refractivity contribution in [3.05, 3.63) is 70.0 Å². The smallest absolute Gasteiger partial charge is 0.326 e. The Morgan fingerprint density at radius 3 is 2.22 bits per heavy atom. The molecule has 0 atom stereocenters. The Morgan fingerprint density at radius 1 is 0.944 bits per heavy atom. The molecule has 11 heteroatoms. The molecule has 188 valence electrons. The van der Waals surface area contributed by atoms with Gasteiger partial charge < -0.3 is 19.9 Å². The maximum absolute atomic E-state index is 12.9. The number of hydrogen-bond acceptors (Lipinski definition) is 6. The number of guanidine groups is 1. The molecular weight excluding hydrogens is 501 g/mol. The fraction of sp³-hybridized carbons (Fsp3) is 0.280. The van der Waals surface area contributed by atoms with Gasteiger partial charge in [0.05, 0.1) is 17.2 Å². The minimum atomic E-state index is -0.464. The third-order valence-electron chi connectivity index (χ3n) is 5.60. The lowest BCUT2D eigenvalue weighted by molar-refractivity contribution is 0.254. The number of rotatable bonds is 4. The number of amides is 2. The molecule has 36 heavy (non-hydrogen) atoms. The topological polar surface area (TPSA) is 95.0 Å². The highest BCUT2D eigenvalue weighted by atomic mass is 35.5. The summed E-state index contributed by atoms with van der Waals surface area (Å²) in [5.41, 5.74) is 3.21. The van der Waals surface area contributed by atoms with E-state index in [4.69, 9.17) is 27.9 Å². The van der Waals surface area contributed by atoms with Gasteiger partial charge in [-0.05, 0) is 62.4 Å². The number of nitrogens with one attached hydrogen (secondary N) is 2. The Balaban J connectivity index is 1.51. The Hall–Kier alpha value is -3.56. The summed E-state index contributed by atoms with van der Waals surface area (Å²) in [6.07, 6.45) is 0. The molecule has 1 saturated heterocycles. The monoisotopic (exact) mass is 527 g/mol. The van der Waals surface area contributed by atoms with Crippen LogP contribution in [0.1, 0.15) is 11.4 Å². The van der Waals surface area contributed by atoms with E-state index >= 15 is 0 Å². The van der Waals surface area contributed by atoms with E-state index in [0.29, 0.717) is 34.8 Å². The molecule has 1 aliphatic heterocycles. The van der Waals surface area contributed by atoms with Gasteiger partial charge in [-0.25, -0.2) is 14.8 Å². The van der Waals surface area contributed by atoms with Crippen LogP contribution < -0.4 is 20.3 Å². The number of hydrogen-bond donors (Lipinski definition) is 2. The minimum absolute atomic E-state index is 0.287. The highest BCUT2D eigenvalue weighted by Gasteiger charge is 2.22. The van der Waals surface area contributed by atoms with Crippen LogP contribution in [0.3, 0.4) is 0 Å². The number of halogens is 2. The van der Waals surface area contributed by atoms with Gasteiger partial charge in [-0.15, -0.1) is 0 Å². The van der Waals surface area contributed by atoms with Gasteiger partial charge in [-0.2, -0.15) is 4.99 Å². The van der Waals surface area contributed by atoms with Crippen LogP contribution in [-0.4, -0.2) is 60.1 Å².